The van der Waals surface area contributed by atoms with Crippen LogP contribution in [-0.4, -0.2) is 33.3 Å². The van der Waals surface area contributed by atoms with E-state index in [1.165, 1.54) is 23.1 Å². The maximum Gasteiger partial charge on any atom is 0.301 e. The smallest absolute Gasteiger partial charge is 0.301 e. The molecule has 1 aromatic heterocycles. The monoisotopic (exact) mass is 535 g/mol. The fourth-order valence-corrected chi connectivity index (χ4v) is 5.44. The summed E-state index contributed by atoms with van der Waals surface area (Å²) in [6, 6.07) is 15.9. The van der Waals surface area contributed by atoms with E-state index in [1.54, 1.807) is 48.5 Å². The lowest BCUT2D eigenvalue weighted by atomic mass is 9.95. The van der Waals surface area contributed by atoms with E-state index in [0.717, 1.165) is 11.3 Å². The second kappa shape index (κ2) is 9.64. The Hall–Kier alpha value is -4.28. The number of hydrogen-bond acceptors (Lipinski definition) is 8. The van der Waals surface area contributed by atoms with Gasteiger partial charge in [-0.1, -0.05) is 35.1 Å². The largest absolute Gasteiger partial charge is 0.507 e. The van der Waals surface area contributed by atoms with Crippen LogP contribution in [0.5, 0.6) is 5.75 Å². The molecule has 3 aromatic carbocycles. The van der Waals surface area contributed by atoms with Crippen molar-refractivity contribution in [1.29, 1.82) is 0 Å². The molecular formula is C26H18ClN3O6S. The Morgan fingerprint density at radius 1 is 1.16 bits per heavy atom. The lowest BCUT2D eigenvalue weighted by Gasteiger charge is -2.22. The number of benzene rings is 3. The number of thiazole rings is 1. The number of carbonyl (C=O) groups is 2. The van der Waals surface area contributed by atoms with Crippen molar-refractivity contribution in [1.82, 2.24) is 4.98 Å². The number of amides is 1. The van der Waals surface area contributed by atoms with Crippen LogP contribution in [0.4, 0.5) is 10.8 Å². The first-order valence-corrected chi connectivity index (χ1v) is 12.3. The number of aliphatic hydroxyl groups excluding tert-OH is 1. The van der Waals surface area contributed by atoms with Gasteiger partial charge in [0.15, 0.2) is 5.13 Å². The predicted octanol–water partition coefficient (Wildman–Crippen LogP) is 5.88. The van der Waals surface area contributed by atoms with Crippen LogP contribution in [-0.2, 0) is 9.59 Å². The highest BCUT2D eigenvalue weighted by molar-refractivity contribution is 7.22. The van der Waals surface area contributed by atoms with Gasteiger partial charge in [-0.05, 0) is 55.0 Å². The minimum Gasteiger partial charge on any atom is -0.507 e. The maximum atomic E-state index is 13.4. The number of fused-ring (bicyclic) bond motifs is 1. The van der Waals surface area contributed by atoms with Gasteiger partial charge in [-0.25, -0.2) is 4.98 Å². The fraction of sp³-hybridized carbons (Fsp3) is 0.115. The lowest BCUT2D eigenvalue weighted by molar-refractivity contribution is -0.384. The minimum absolute atomic E-state index is 0.196. The van der Waals surface area contributed by atoms with Crippen LogP contribution in [0, 0.1) is 10.1 Å². The molecule has 4 aromatic rings. The van der Waals surface area contributed by atoms with Crippen molar-refractivity contribution in [2.24, 2.45) is 0 Å². The highest BCUT2D eigenvalue weighted by Crippen LogP contribution is 2.45. The highest BCUT2D eigenvalue weighted by atomic mass is 35.5. The maximum absolute atomic E-state index is 13.4. The summed E-state index contributed by atoms with van der Waals surface area (Å²) in [5, 5.41) is 23.4. The number of anilines is 1. The molecule has 37 heavy (non-hydrogen) atoms. The van der Waals surface area contributed by atoms with E-state index in [9.17, 15) is 24.8 Å². The molecule has 186 valence electrons. The van der Waals surface area contributed by atoms with Gasteiger partial charge in [-0.15, -0.1) is 0 Å². The molecule has 0 bridgehead atoms. The van der Waals surface area contributed by atoms with Gasteiger partial charge in [-0.3, -0.25) is 24.6 Å². The van der Waals surface area contributed by atoms with Crippen molar-refractivity contribution in [3.8, 4) is 5.75 Å². The summed E-state index contributed by atoms with van der Waals surface area (Å²) in [7, 11) is 0. The Labute approximate surface area is 219 Å². The van der Waals surface area contributed by atoms with Crippen molar-refractivity contribution >= 4 is 61.4 Å². The SMILES string of the molecule is CCOc1ccc(C(O)=C2C(=O)C(=O)N(c3nc4ccc(Cl)cc4s3)C2c2cccc([N+](=O)[O-])c2)cc1. The average Bonchev–Trinajstić information content (AvgIpc) is 3.42. The first-order valence-electron chi connectivity index (χ1n) is 11.1. The summed E-state index contributed by atoms with van der Waals surface area (Å²) < 4.78 is 6.12. The van der Waals surface area contributed by atoms with Gasteiger partial charge in [-0.2, -0.15) is 0 Å². The Bertz CT molecular complexity index is 1600. The third-order valence-electron chi connectivity index (χ3n) is 5.83. The summed E-state index contributed by atoms with van der Waals surface area (Å²) in [5.41, 5.74) is 0.703. The molecule has 11 heteroatoms. The van der Waals surface area contributed by atoms with Crippen molar-refractivity contribution in [2.75, 3.05) is 11.5 Å². The number of nitrogens with zero attached hydrogens (tertiary/aromatic N) is 3. The number of ketones is 1. The third kappa shape index (κ3) is 4.41. The number of rotatable bonds is 6. The van der Waals surface area contributed by atoms with Gasteiger partial charge in [0, 0.05) is 22.7 Å². The number of nitro benzene ring substituents is 1. The quantitative estimate of drug-likeness (QED) is 0.107. The molecule has 0 radical (unpaired) electrons. The number of aliphatic hydroxyl groups is 1. The molecule has 0 aliphatic carbocycles. The topological polar surface area (TPSA) is 123 Å². The van der Waals surface area contributed by atoms with E-state index in [0.29, 0.717) is 27.6 Å². The molecule has 1 aliphatic rings. The minimum atomic E-state index is -1.15. The second-order valence-electron chi connectivity index (χ2n) is 8.09. The fourth-order valence-electron chi connectivity index (χ4n) is 4.17. The van der Waals surface area contributed by atoms with Crippen LogP contribution in [0.25, 0.3) is 16.0 Å². The molecule has 0 saturated carbocycles. The molecular weight excluding hydrogens is 518 g/mol. The zero-order valence-electron chi connectivity index (χ0n) is 19.3. The van der Waals surface area contributed by atoms with Crippen LogP contribution >= 0.6 is 22.9 Å². The molecule has 1 saturated heterocycles. The normalized spacial score (nSPS) is 16.9. The van der Waals surface area contributed by atoms with Gasteiger partial charge in [0.25, 0.3) is 11.5 Å². The first-order chi connectivity index (χ1) is 17.8. The summed E-state index contributed by atoms with van der Waals surface area (Å²) in [4.78, 5) is 43.3. The average molecular weight is 536 g/mol. The number of non-ortho nitro benzene ring substituents is 1. The molecule has 1 amide bonds. The van der Waals surface area contributed by atoms with Crippen LogP contribution in [0.3, 0.4) is 0 Å². The van der Waals surface area contributed by atoms with Gasteiger partial charge in [0.2, 0.25) is 0 Å². The Morgan fingerprint density at radius 3 is 2.62 bits per heavy atom. The molecule has 9 nitrogen and oxygen atoms in total. The molecule has 1 aliphatic heterocycles. The van der Waals surface area contributed by atoms with Crippen molar-refractivity contribution < 1.29 is 24.4 Å². The van der Waals surface area contributed by atoms with E-state index >= 15 is 0 Å². The second-order valence-corrected chi connectivity index (χ2v) is 9.53. The summed E-state index contributed by atoms with van der Waals surface area (Å²) >= 11 is 7.25. The van der Waals surface area contributed by atoms with Gasteiger partial charge in [0.05, 0.1) is 33.4 Å². The number of Topliss-reactive ketones (excluding diaryl/α,β-unsaturated/α-hetero) is 1. The summed E-state index contributed by atoms with van der Waals surface area (Å²) in [6.07, 6.45) is 0. The zero-order valence-corrected chi connectivity index (χ0v) is 20.8. The van der Waals surface area contributed by atoms with Crippen LogP contribution in [0.1, 0.15) is 24.1 Å². The highest BCUT2D eigenvalue weighted by Gasteiger charge is 2.48. The summed E-state index contributed by atoms with van der Waals surface area (Å²) in [6.45, 7) is 2.29. The Kier molecular flexibility index (Phi) is 6.36. The summed E-state index contributed by atoms with van der Waals surface area (Å²) in [5.74, 6) is -1.68. The Balaban J connectivity index is 1.71. The van der Waals surface area contributed by atoms with Crippen molar-refractivity contribution in [2.45, 2.75) is 13.0 Å². The lowest BCUT2D eigenvalue weighted by Crippen LogP contribution is -2.29. The third-order valence-corrected chi connectivity index (χ3v) is 7.08. The number of aromatic nitrogens is 1. The van der Waals surface area contributed by atoms with Crippen LogP contribution in [0.15, 0.2) is 72.3 Å². The predicted molar refractivity (Wildman–Crippen MR) is 140 cm³/mol. The van der Waals surface area contributed by atoms with Crippen LogP contribution in [0.2, 0.25) is 5.02 Å². The molecule has 2 heterocycles. The van der Waals surface area contributed by atoms with Crippen LogP contribution < -0.4 is 9.64 Å². The number of carbonyl (C=O) groups excluding carboxylic acids is 2. The van der Waals surface area contributed by atoms with E-state index in [2.05, 4.69) is 4.98 Å². The van der Waals surface area contributed by atoms with Gasteiger partial charge in [0.1, 0.15) is 11.5 Å². The Morgan fingerprint density at radius 2 is 1.92 bits per heavy atom. The molecule has 1 atom stereocenters. The van der Waals surface area contributed by atoms with Crippen molar-refractivity contribution in [3.63, 3.8) is 0 Å². The molecule has 5 rings (SSSR count). The van der Waals surface area contributed by atoms with Gasteiger partial charge < -0.3 is 9.84 Å². The zero-order chi connectivity index (χ0) is 26.3. The molecule has 1 unspecified atom stereocenters. The standard InChI is InChI=1S/C26H18ClN3O6S/c1-2-36-18-9-6-14(7-10-18)23(31)21-22(15-4-3-5-17(12-15)30(34)35)29(25(33)24(21)32)26-28-19-11-8-16(27)13-20(19)37-26/h3-13,22,31H,2H2,1H3. The molecule has 1 N–H and O–H groups in total. The van der Waals surface area contributed by atoms with E-state index < -0.39 is 28.4 Å². The first kappa shape index (κ1) is 24.4. The molecule has 0 spiro atoms. The molecule has 1 fully saturated rings. The number of halogens is 1. The van der Waals surface area contributed by atoms with E-state index in [1.807, 2.05) is 6.92 Å². The van der Waals surface area contributed by atoms with E-state index in [-0.39, 0.29) is 27.5 Å². The number of ether oxygens (including phenoxy) is 1. The van der Waals surface area contributed by atoms with E-state index in [4.69, 9.17) is 16.3 Å². The number of hydrogen-bond donors (Lipinski definition) is 1. The van der Waals surface area contributed by atoms with Crippen molar-refractivity contribution in [3.05, 3.63) is 98.6 Å². The van der Waals surface area contributed by atoms with Gasteiger partial charge >= 0.3 is 5.91 Å². The number of nitro groups is 1.